The zero-order valence-electron chi connectivity index (χ0n) is 16.0. The summed E-state index contributed by atoms with van der Waals surface area (Å²) < 4.78 is 3.83. The van der Waals surface area contributed by atoms with Crippen molar-refractivity contribution in [1.82, 2.24) is 24.1 Å². The maximum Gasteiger partial charge on any atom is 0.332 e. The second-order valence-electron chi connectivity index (χ2n) is 6.60. The molecule has 4 rings (SSSR count). The van der Waals surface area contributed by atoms with Crippen molar-refractivity contribution < 1.29 is 4.79 Å². The lowest BCUT2D eigenvalue weighted by Crippen LogP contribution is -2.45. The summed E-state index contributed by atoms with van der Waals surface area (Å²) in [6.45, 7) is 2.28. The van der Waals surface area contributed by atoms with Gasteiger partial charge in [0.1, 0.15) is 6.54 Å². The molecule has 150 valence electrons. The molecule has 11 heteroatoms. The third-order valence-electron chi connectivity index (χ3n) is 4.86. The summed E-state index contributed by atoms with van der Waals surface area (Å²) >= 11 is 0. The molecule has 1 aliphatic heterocycles. The van der Waals surface area contributed by atoms with Crippen molar-refractivity contribution in [2.24, 2.45) is 18.0 Å². The summed E-state index contributed by atoms with van der Waals surface area (Å²) in [5.41, 5.74) is 2.85. The van der Waals surface area contributed by atoms with Gasteiger partial charge in [-0.3, -0.25) is 24.1 Å². The first-order chi connectivity index (χ1) is 14.0. The minimum atomic E-state index is -0.649. The van der Waals surface area contributed by atoms with Crippen molar-refractivity contribution in [3.8, 4) is 0 Å². The number of aromatic nitrogens is 4. The number of hydrogen-bond acceptors (Lipinski definition) is 7. The van der Waals surface area contributed by atoms with Crippen molar-refractivity contribution >= 4 is 28.7 Å². The Morgan fingerprint density at radius 2 is 1.97 bits per heavy atom. The smallest absolute Gasteiger partial charge is 0.297 e. The van der Waals surface area contributed by atoms with Crippen molar-refractivity contribution in [2.45, 2.75) is 20.0 Å². The lowest BCUT2D eigenvalue weighted by molar-refractivity contribution is -0.121. The highest BCUT2D eigenvalue weighted by atomic mass is 16.2. The average Bonchev–Trinajstić information content (AvgIpc) is 3.14. The minimum Gasteiger partial charge on any atom is -0.297 e. The van der Waals surface area contributed by atoms with E-state index in [4.69, 9.17) is 5.84 Å². The van der Waals surface area contributed by atoms with Gasteiger partial charge in [-0.2, -0.15) is 10.1 Å². The van der Waals surface area contributed by atoms with E-state index >= 15 is 0 Å². The van der Waals surface area contributed by atoms with Crippen molar-refractivity contribution in [1.29, 1.82) is 0 Å². The highest BCUT2D eigenvalue weighted by Gasteiger charge is 2.27. The number of hydrogen-bond donors (Lipinski definition) is 2. The molecular weight excluding hydrogens is 376 g/mol. The number of hydrazone groups is 1. The molecule has 0 radical (unpaired) electrons. The number of carbonyl (C=O) groups excluding carboxylic acids is 1. The van der Waals surface area contributed by atoms with Crippen LogP contribution in [0.15, 0.2) is 45.0 Å². The Kier molecular flexibility index (Phi) is 4.51. The van der Waals surface area contributed by atoms with Gasteiger partial charge >= 0.3 is 5.69 Å². The van der Waals surface area contributed by atoms with Gasteiger partial charge in [-0.05, 0) is 12.5 Å². The number of rotatable bonds is 4. The number of anilines is 1. The monoisotopic (exact) mass is 396 g/mol. The number of benzene rings is 1. The summed E-state index contributed by atoms with van der Waals surface area (Å²) in [5.74, 6) is 4.94. The Labute approximate surface area is 164 Å². The fourth-order valence-electron chi connectivity index (χ4n) is 3.40. The quantitative estimate of drug-likeness (QED) is 0.335. The molecule has 11 nitrogen and oxygen atoms in total. The Hall–Kier alpha value is -3.73. The van der Waals surface area contributed by atoms with Crippen LogP contribution in [0, 0.1) is 0 Å². The number of fused-ring (bicyclic) bond motifs is 3. The summed E-state index contributed by atoms with van der Waals surface area (Å²) in [7, 11) is 1.51. The van der Waals surface area contributed by atoms with E-state index in [-0.39, 0.29) is 11.2 Å². The van der Waals surface area contributed by atoms with E-state index < -0.39 is 23.7 Å². The molecule has 3 heterocycles. The van der Waals surface area contributed by atoms with E-state index in [0.717, 1.165) is 15.8 Å². The first-order valence-electron chi connectivity index (χ1n) is 9.06. The van der Waals surface area contributed by atoms with Crippen LogP contribution in [0.4, 0.5) is 5.95 Å². The number of aryl methyl sites for hydroxylation is 1. The van der Waals surface area contributed by atoms with Crippen molar-refractivity contribution in [3.63, 3.8) is 0 Å². The van der Waals surface area contributed by atoms with Crippen LogP contribution in [-0.2, 0) is 24.9 Å². The Bertz CT molecular complexity index is 1250. The predicted octanol–water partition coefficient (Wildman–Crippen LogP) is -0.869. The molecule has 29 heavy (non-hydrogen) atoms. The van der Waals surface area contributed by atoms with Gasteiger partial charge < -0.3 is 0 Å². The molecule has 0 saturated carbocycles. The largest absolute Gasteiger partial charge is 0.332 e. The molecule has 0 atom stereocenters. The molecule has 0 spiro atoms. The SMILES string of the molecule is CCN1N=C(c2ccccc2)Cn2c1nc1c2c(=O)n(CC(=O)NN)c(=O)n1C. The van der Waals surface area contributed by atoms with Crippen LogP contribution in [0.3, 0.4) is 0 Å². The number of nitrogens with two attached hydrogens (primary N) is 1. The second kappa shape index (κ2) is 7.02. The summed E-state index contributed by atoms with van der Waals surface area (Å²) in [6.07, 6.45) is 0. The molecule has 0 unspecified atom stereocenters. The molecule has 3 N–H and O–H groups in total. The van der Waals surface area contributed by atoms with Gasteiger partial charge in [0, 0.05) is 13.6 Å². The van der Waals surface area contributed by atoms with E-state index in [2.05, 4.69) is 10.1 Å². The molecule has 1 aliphatic rings. The number of nitrogens with one attached hydrogen (secondary N) is 1. The molecule has 0 aliphatic carbocycles. The van der Waals surface area contributed by atoms with Crippen LogP contribution in [0.5, 0.6) is 0 Å². The second-order valence-corrected chi connectivity index (χ2v) is 6.60. The van der Waals surface area contributed by atoms with Crippen LogP contribution in [0.2, 0.25) is 0 Å². The Morgan fingerprint density at radius 3 is 2.62 bits per heavy atom. The summed E-state index contributed by atoms with van der Waals surface area (Å²) in [4.78, 5) is 42.0. The third kappa shape index (κ3) is 2.91. The third-order valence-corrected chi connectivity index (χ3v) is 4.86. The lowest BCUT2D eigenvalue weighted by Gasteiger charge is -2.25. The number of hydrazine groups is 1. The zero-order chi connectivity index (χ0) is 20.7. The van der Waals surface area contributed by atoms with E-state index in [1.807, 2.05) is 42.7 Å². The first-order valence-corrected chi connectivity index (χ1v) is 9.06. The maximum absolute atomic E-state index is 13.1. The number of amides is 1. The zero-order valence-corrected chi connectivity index (χ0v) is 16.0. The highest BCUT2D eigenvalue weighted by molar-refractivity contribution is 6.02. The molecule has 1 amide bonds. The molecule has 3 aromatic rings. The van der Waals surface area contributed by atoms with Gasteiger partial charge in [-0.1, -0.05) is 30.3 Å². The normalized spacial score (nSPS) is 13.3. The fourth-order valence-corrected chi connectivity index (χ4v) is 3.40. The number of nitrogens with zero attached hydrogens (tertiary/aromatic N) is 6. The summed E-state index contributed by atoms with van der Waals surface area (Å²) in [5, 5.41) is 6.35. The van der Waals surface area contributed by atoms with Crippen molar-refractivity contribution in [3.05, 3.63) is 56.7 Å². The van der Waals surface area contributed by atoms with Gasteiger partial charge in [0.15, 0.2) is 11.2 Å². The van der Waals surface area contributed by atoms with Crippen LogP contribution < -0.4 is 27.5 Å². The van der Waals surface area contributed by atoms with Crippen LogP contribution in [0.1, 0.15) is 12.5 Å². The lowest BCUT2D eigenvalue weighted by atomic mass is 10.1. The molecule has 2 aromatic heterocycles. The van der Waals surface area contributed by atoms with Gasteiger partial charge in [-0.15, -0.1) is 0 Å². The topological polar surface area (TPSA) is 133 Å². The van der Waals surface area contributed by atoms with Crippen molar-refractivity contribution in [2.75, 3.05) is 11.6 Å². The highest BCUT2D eigenvalue weighted by Crippen LogP contribution is 2.25. The van der Waals surface area contributed by atoms with Crippen LogP contribution in [-0.4, -0.2) is 36.8 Å². The molecule has 0 bridgehead atoms. The van der Waals surface area contributed by atoms with Crippen LogP contribution in [0.25, 0.3) is 11.2 Å². The number of carbonyl (C=O) groups is 1. The molecular formula is C18H20N8O3. The first kappa shape index (κ1) is 18.6. The van der Waals surface area contributed by atoms with Crippen LogP contribution >= 0.6 is 0 Å². The van der Waals surface area contributed by atoms with Gasteiger partial charge in [-0.25, -0.2) is 20.2 Å². The van der Waals surface area contributed by atoms with Gasteiger partial charge in [0.05, 0.1) is 12.3 Å². The molecule has 0 fully saturated rings. The molecule has 1 aromatic carbocycles. The molecule has 0 saturated heterocycles. The number of imidazole rings is 1. The predicted molar refractivity (Wildman–Crippen MR) is 108 cm³/mol. The average molecular weight is 396 g/mol. The van der Waals surface area contributed by atoms with E-state index in [1.54, 1.807) is 9.58 Å². The fraction of sp³-hybridized carbons (Fsp3) is 0.278. The minimum absolute atomic E-state index is 0.230. The van der Waals surface area contributed by atoms with Gasteiger partial charge in [0.25, 0.3) is 11.5 Å². The van der Waals surface area contributed by atoms with E-state index in [1.165, 1.54) is 11.6 Å². The van der Waals surface area contributed by atoms with Gasteiger partial charge in [0.2, 0.25) is 5.95 Å². The standard InChI is InChI=1S/C18H20N8O3/c1-3-26-17-20-15-14(16(28)25(10-13(27)21-19)18(29)23(15)2)24(17)9-12(22-26)11-7-5-4-6-8-11/h4-8H,3,9-10,19H2,1-2H3,(H,21,27). The maximum atomic E-state index is 13.1. The summed E-state index contributed by atoms with van der Waals surface area (Å²) in [6, 6.07) is 9.63. The van der Waals surface area contributed by atoms with E-state index in [0.29, 0.717) is 19.0 Å². The van der Waals surface area contributed by atoms with E-state index in [9.17, 15) is 14.4 Å². The Balaban J connectivity index is 1.96. The Morgan fingerprint density at radius 1 is 1.24 bits per heavy atom.